The number of para-hydroxylation sites is 1. The molecule has 0 saturated heterocycles. The van der Waals surface area contributed by atoms with Gasteiger partial charge in [-0.2, -0.15) is 9.78 Å². The summed E-state index contributed by atoms with van der Waals surface area (Å²) < 4.78 is 1.25. The van der Waals surface area contributed by atoms with Gasteiger partial charge >= 0.3 is 0 Å². The Bertz CT molecular complexity index is 1300. The first kappa shape index (κ1) is 19.7. The Balaban J connectivity index is 1.87. The first-order chi connectivity index (χ1) is 14.5. The largest absolute Gasteiger partial charge is 0.376 e. The molecule has 150 valence electrons. The van der Waals surface area contributed by atoms with Crippen LogP contribution in [0.4, 0.5) is 11.4 Å². The number of benzene rings is 3. The van der Waals surface area contributed by atoms with Crippen molar-refractivity contribution >= 4 is 39.7 Å². The number of carbonyl (C=O) groups is 1. The Morgan fingerprint density at radius 2 is 1.63 bits per heavy atom. The van der Waals surface area contributed by atoms with Crippen molar-refractivity contribution in [3.05, 3.63) is 93.9 Å². The zero-order chi connectivity index (χ0) is 21.3. The van der Waals surface area contributed by atoms with Crippen LogP contribution in [-0.2, 0) is 0 Å². The highest BCUT2D eigenvalue weighted by Gasteiger charge is 2.19. The molecule has 0 atom stereocenters. The molecule has 7 heteroatoms. The Kier molecular flexibility index (Phi) is 5.25. The number of anilines is 2. The molecule has 0 aliphatic carbocycles. The third kappa shape index (κ3) is 3.65. The van der Waals surface area contributed by atoms with Gasteiger partial charge in [-0.25, -0.2) is 0 Å². The Morgan fingerprint density at radius 1 is 0.967 bits per heavy atom. The lowest BCUT2D eigenvalue weighted by Crippen LogP contribution is -2.26. The number of fused-ring (bicyclic) bond motifs is 1. The van der Waals surface area contributed by atoms with E-state index in [0.717, 1.165) is 5.69 Å². The summed E-state index contributed by atoms with van der Waals surface area (Å²) in [5, 5.41) is 8.71. The normalized spacial score (nSPS) is 10.8. The van der Waals surface area contributed by atoms with Crippen molar-refractivity contribution in [2.45, 2.75) is 0 Å². The average molecular weight is 419 g/mol. The molecule has 1 amide bonds. The van der Waals surface area contributed by atoms with Gasteiger partial charge in [0.2, 0.25) is 0 Å². The molecule has 4 aromatic rings. The van der Waals surface area contributed by atoms with Crippen LogP contribution < -0.4 is 15.8 Å². The number of halogens is 1. The predicted molar refractivity (Wildman–Crippen MR) is 121 cm³/mol. The highest BCUT2D eigenvalue weighted by molar-refractivity contribution is 6.31. The van der Waals surface area contributed by atoms with E-state index in [1.54, 1.807) is 48.5 Å². The Labute approximate surface area is 178 Å². The van der Waals surface area contributed by atoms with Gasteiger partial charge in [-0.05, 0) is 36.4 Å². The van der Waals surface area contributed by atoms with Crippen molar-refractivity contribution in [2.24, 2.45) is 0 Å². The van der Waals surface area contributed by atoms with Crippen LogP contribution in [0.1, 0.15) is 10.5 Å². The second kappa shape index (κ2) is 8.00. The molecule has 0 bridgehead atoms. The standard InChI is InChI=1S/C23H19ClN4O2/c1-27(2)20-13-12-15(24)14-19(20)25-22(29)21-17-10-6-7-11-18(17)23(30)28(26-21)16-8-4-3-5-9-16/h3-14H,1-2H3,(H,25,29). The van der Waals surface area contributed by atoms with Crippen molar-refractivity contribution in [3.8, 4) is 5.69 Å². The van der Waals surface area contributed by atoms with Gasteiger partial charge in [-0.1, -0.05) is 48.0 Å². The lowest BCUT2D eigenvalue weighted by Gasteiger charge is -2.18. The van der Waals surface area contributed by atoms with Crippen molar-refractivity contribution < 1.29 is 4.79 Å². The summed E-state index contributed by atoms with van der Waals surface area (Å²) in [4.78, 5) is 28.1. The van der Waals surface area contributed by atoms with E-state index >= 15 is 0 Å². The smallest absolute Gasteiger partial charge is 0.279 e. The molecule has 0 aliphatic heterocycles. The quantitative estimate of drug-likeness (QED) is 0.534. The van der Waals surface area contributed by atoms with Gasteiger partial charge in [0.05, 0.1) is 22.4 Å². The molecule has 1 N–H and O–H groups in total. The van der Waals surface area contributed by atoms with E-state index in [1.165, 1.54) is 4.68 Å². The summed E-state index contributed by atoms with van der Waals surface area (Å²) in [6, 6.07) is 21.2. The van der Waals surface area contributed by atoms with Crippen molar-refractivity contribution in [1.29, 1.82) is 0 Å². The van der Waals surface area contributed by atoms with Gasteiger partial charge in [0.25, 0.3) is 11.5 Å². The van der Waals surface area contributed by atoms with Crippen molar-refractivity contribution in [3.63, 3.8) is 0 Å². The first-order valence-electron chi connectivity index (χ1n) is 9.31. The van der Waals surface area contributed by atoms with E-state index in [9.17, 15) is 9.59 Å². The minimum atomic E-state index is -0.429. The lowest BCUT2D eigenvalue weighted by molar-refractivity contribution is 0.102. The molecule has 1 aromatic heterocycles. The molecule has 4 rings (SSSR count). The Morgan fingerprint density at radius 3 is 2.33 bits per heavy atom. The number of carbonyl (C=O) groups excluding carboxylic acids is 1. The fourth-order valence-corrected chi connectivity index (χ4v) is 3.45. The maximum Gasteiger partial charge on any atom is 0.279 e. The van der Waals surface area contributed by atoms with E-state index in [0.29, 0.717) is 27.2 Å². The molecule has 0 radical (unpaired) electrons. The SMILES string of the molecule is CN(C)c1ccc(Cl)cc1NC(=O)c1nn(-c2ccccc2)c(=O)c2ccccc12. The number of nitrogens with one attached hydrogen (secondary N) is 1. The molecule has 6 nitrogen and oxygen atoms in total. The highest BCUT2D eigenvalue weighted by Crippen LogP contribution is 2.28. The van der Waals surface area contributed by atoms with Crippen LogP contribution >= 0.6 is 11.6 Å². The van der Waals surface area contributed by atoms with Gasteiger partial charge < -0.3 is 10.2 Å². The molecule has 0 aliphatic rings. The fourth-order valence-electron chi connectivity index (χ4n) is 3.28. The Hall–Kier alpha value is -3.64. The zero-order valence-electron chi connectivity index (χ0n) is 16.5. The molecule has 0 fully saturated rings. The van der Waals surface area contributed by atoms with Crippen molar-refractivity contribution in [2.75, 3.05) is 24.3 Å². The molecule has 30 heavy (non-hydrogen) atoms. The van der Waals surface area contributed by atoms with E-state index in [4.69, 9.17) is 11.6 Å². The minimum absolute atomic E-state index is 0.152. The molecular formula is C23H19ClN4O2. The van der Waals surface area contributed by atoms with Crippen LogP contribution in [0.3, 0.4) is 0 Å². The predicted octanol–water partition coefficient (Wildman–Crippen LogP) is 4.36. The van der Waals surface area contributed by atoms with Crippen LogP contribution in [0.2, 0.25) is 5.02 Å². The third-order valence-corrected chi connectivity index (χ3v) is 4.94. The number of nitrogens with zero attached hydrogens (tertiary/aromatic N) is 3. The maximum atomic E-state index is 13.3. The van der Waals surface area contributed by atoms with Crippen LogP contribution in [0.15, 0.2) is 77.6 Å². The summed E-state index contributed by atoms with van der Waals surface area (Å²) in [6.45, 7) is 0. The van der Waals surface area contributed by atoms with Gasteiger partial charge in [0.15, 0.2) is 5.69 Å². The van der Waals surface area contributed by atoms with Gasteiger partial charge in [-0.15, -0.1) is 0 Å². The summed E-state index contributed by atoms with van der Waals surface area (Å²) in [7, 11) is 3.75. The summed E-state index contributed by atoms with van der Waals surface area (Å²) >= 11 is 6.14. The summed E-state index contributed by atoms with van der Waals surface area (Å²) in [6.07, 6.45) is 0. The van der Waals surface area contributed by atoms with E-state index in [2.05, 4.69) is 10.4 Å². The van der Waals surface area contributed by atoms with Crippen LogP contribution in [0.5, 0.6) is 0 Å². The van der Waals surface area contributed by atoms with Crippen LogP contribution in [0.25, 0.3) is 16.5 Å². The summed E-state index contributed by atoms with van der Waals surface area (Å²) in [5.41, 5.74) is 1.80. The monoisotopic (exact) mass is 418 g/mol. The van der Waals surface area contributed by atoms with Crippen LogP contribution in [0, 0.1) is 0 Å². The second-order valence-electron chi connectivity index (χ2n) is 6.96. The minimum Gasteiger partial charge on any atom is -0.376 e. The van der Waals surface area contributed by atoms with Gasteiger partial charge in [-0.3, -0.25) is 9.59 Å². The number of hydrogen-bond acceptors (Lipinski definition) is 4. The van der Waals surface area contributed by atoms with Crippen LogP contribution in [-0.4, -0.2) is 29.8 Å². The maximum absolute atomic E-state index is 13.3. The fraction of sp³-hybridized carbons (Fsp3) is 0.0870. The van der Waals surface area contributed by atoms with E-state index < -0.39 is 5.91 Å². The number of hydrogen-bond donors (Lipinski definition) is 1. The van der Waals surface area contributed by atoms with Gasteiger partial charge in [0, 0.05) is 24.5 Å². The molecule has 3 aromatic carbocycles. The molecule has 0 spiro atoms. The number of rotatable bonds is 4. The van der Waals surface area contributed by atoms with Crippen molar-refractivity contribution in [1.82, 2.24) is 9.78 Å². The molecule has 1 heterocycles. The van der Waals surface area contributed by atoms with E-state index in [-0.39, 0.29) is 11.3 Å². The topological polar surface area (TPSA) is 67.2 Å². The van der Waals surface area contributed by atoms with E-state index in [1.807, 2.05) is 43.3 Å². The molecule has 0 saturated carbocycles. The molecular weight excluding hydrogens is 400 g/mol. The zero-order valence-corrected chi connectivity index (χ0v) is 17.2. The number of amides is 1. The number of aromatic nitrogens is 2. The summed E-state index contributed by atoms with van der Waals surface area (Å²) in [5.74, 6) is -0.429. The first-order valence-corrected chi connectivity index (χ1v) is 9.69. The molecule has 0 unspecified atom stereocenters. The van der Waals surface area contributed by atoms with Gasteiger partial charge in [0.1, 0.15) is 0 Å². The second-order valence-corrected chi connectivity index (χ2v) is 7.39. The average Bonchev–Trinajstić information content (AvgIpc) is 2.74. The highest BCUT2D eigenvalue weighted by atomic mass is 35.5. The lowest BCUT2D eigenvalue weighted by atomic mass is 10.1. The third-order valence-electron chi connectivity index (χ3n) is 4.71.